The van der Waals surface area contributed by atoms with Gasteiger partial charge in [0.15, 0.2) is 0 Å². The molecule has 92 valence electrons. The molecule has 1 aliphatic rings. The Balaban J connectivity index is 1.95. The molecule has 0 aromatic heterocycles. The van der Waals surface area contributed by atoms with Crippen LogP contribution in [0.15, 0.2) is 42.5 Å². The molecule has 0 bridgehead atoms. The van der Waals surface area contributed by atoms with E-state index in [1.165, 1.54) is 0 Å². The highest BCUT2D eigenvalue weighted by Gasteiger charge is 2.10. The fourth-order valence-electron chi connectivity index (χ4n) is 2.10. The minimum atomic E-state index is 0.721. The standard InChI is InChI=1S/C15H15NO2/c1-17-13-5-2-11(3-6-13)12-4-7-14-15(10-12)18-9-8-16-14/h2-7,10,16H,8-9H2,1H3. The average Bonchev–Trinajstić information content (AvgIpc) is 2.47. The van der Waals surface area contributed by atoms with Crippen LogP contribution in [0.1, 0.15) is 0 Å². The van der Waals surface area contributed by atoms with Crippen molar-refractivity contribution >= 4 is 5.69 Å². The molecule has 0 unspecified atom stereocenters. The third kappa shape index (κ3) is 1.99. The Bertz CT molecular complexity index is 549. The Hall–Kier alpha value is -2.16. The molecule has 3 nitrogen and oxygen atoms in total. The lowest BCUT2D eigenvalue weighted by Gasteiger charge is -2.19. The van der Waals surface area contributed by atoms with Gasteiger partial charge in [-0.3, -0.25) is 0 Å². The molecule has 2 aromatic rings. The van der Waals surface area contributed by atoms with Crippen molar-refractivity contribution in [2.45, 2.75) is 0 Å². The highest BCUT2D eigenvalue weighted by atomic mass is 16.5. The summed E-state index contributed by atoms with van der Waals surface area (Å²) in [7, 11) is 1.67. The van der Waals surface area contributed by atoms with Crippen LogP contribution in [0, 0.1) is 0 Å². The summed E-state index contributed by atoms with van der Waals surface area (Å²) in [5.74, 6) is 1.80. The van der Waals surface area contributed by atoms with Crippen LogP contribution in [0.4, 0.5) is 5.69 Å². The number of methoxy groups -OCH3 is 1. The Kier molecular flexibility index (Phi) is 2.81. The van der Waals surface area contributed by atoms with Crippen LogP contribution >= 0.6 is 0 Å². The highest BCUT2D eigenvalue weighted by Crippen LogP contribution is 2.32. The number of ether oxygens (including phenoxy) is 2. The Morgan fingerprint density at radius 3 is 2.61 bits per heavy atom. The zero-order valence-electron chi connectivity index (χ0n) is 10.3. The molecule has 1 N–H and O–H groups in total. The lowest BCUT2D eigenvalue weighted by molar-refractivity contribution is 0.323. The van der Waals surface area contributed by atoms with Gasteiger partial charge < -0.3 is 14.8 Å². The van der Waals surface area contributed by atoms with E-state index in [9.17, 15) is 0 Å². The van der Waals surface area contributed by atoms with Crippen molar-refractivity contribution < 1.29 is 9.47 Å². The van der Waals surface area contributed by atoms with E-state index in [1.54, 1.807) is 7.11 Å². The predicted molar refractivity (Wildman–Crippen MR) is 72.4 cm³/mol. The van der Waals surface area contributed by atoms with Gasteiger partial charge in [-0.25, -0.2) is 0 Å². The molecule has 0 fully saturated rings. The molecule has 1 heterocycles. The summed E-state index contributed by atoms with van der Waals surface area (Å²) in [5, 5.41) is 3.31. The van der Waals surface area contributed by atoms with E-state index in [0.29, 0.717) is 0 Å². The van der Waals surface area contributed by atoms with Crippen LogP contribution in [0.5, 0.6) is 11.5 Å². The van der Waals surface area contributed by atoms with Gasteiger partial charge in [-0.15, -0.1) is 0 Å². The number of fused-ring (bicyclic) bond motifs is 1. The molecule has 0 atom stereocenters. The van der Waals surface area contributed by atoms with Gasteiger partial charge in [0.25, 0.3) is 0 Å². The van der Waals surface area contributed by atoms with Crippen LogP contribution in [0.3, 0.4) is 0 Å². The lowest BCUT2D eigenvalue weighted by atomic mass is 10.0. The molecule has 1 aliphatic heterocycles. The number of nitrogens with one attached hydrogen (secondary N) is 1. The van der Waals surface area contributed by atoms with Crippen molar-refractivity contribution in [3.8, 4) is 22.6 Å². The van der Waals surface area contributed by atoms with Crippen LogP contribution in [0.25, 0.3) is 11.1 Å². The van der Waals surface area contributed by atoms with Gasteiger partial charge in [-0.1, -0.05) is 18.2 Å². The third-order valence-corrected chi connectivity index (χ3v) is 3.08. The maximum absolute atomic E-state index is 5.64. The first-order chi connectivity index (χ1) is 8.86. The number of benzene rings is 2. The van der Waals surface area contributed by atoms with Crippen molar-refractivity contribution in [1.29, 1.82) is 0 Å². The maximum atomic E-state index is 5.64. The number of anilines is 1. The van der Waals surface area contributed by atoms with Crippen molar-refractivity contribution in [2.24, 2.45) is 0 Å². The summed E-state index contributed by atoms with van der Waals surface area (Å²) in [6.45, 7) is 1.59. The lowest BCUT2D eigenvalue weighted by Crippen LogP contribution is -2.17. The Morgan fingerprint density at radius 1 is 1.06 bits per heavy atom. The molecule has 0 saturated carbocycles. The van der Waals surface area contributed by atoms with Crippen LogP contribution in [0.2, 0.25) is 0 Å². The normalized spacial score (nSPS) is 13.2. The molecule has 0 amide bonds. The maximum Gasteiger partial charge on any atom is 0.143 e. The van der Waals surface area contributed by atoms with Crippen LogP contribution in [-0.4, -0.2) is 20.3 Å². The SMILES string of the molecule is COc1ccc(-c2ccc3c(c2)OCCN3)cc1. The van der Waals surface area contributed by atoms with Gasteiger partial charge in [-0.2, -0.15) is 0 Å². The molecule has 0 spiro atoms. The van der Waals surface area contributed by atoms with Gasteiger partial charge in [0.05, 0.1) is 12.8 Å². The molecular weight excluding hydrogens is 226 g/mol. The topological polar surface area (TPSA) is 30.5 Å². The van der Waals surface area contributed by atoms with Crippen LogP contribution in [-0.2, 0) is 0 Å². The van der Waals surface area contributed by atoms with Crippen molar-refractivity contribution in [2.75, 3.05) is 25.6 Å². The summed E-state index contributed by atoms with van der Waals surface area (Å²) in [5.41, 5.74) is 3.38. The van der Waals surface area contributed by atoms with E-state index < -0.39 is 0 Å². The van der Waals surface area contributed by atoms with E-state index in [-0.39, 0.29) is 0 Å². The van der Waals surface area contributed by atoms with Crippen molar-refractivity contribution in [1.82, 2.24) is 0 Å². The molecular formula is C15H15NO2. The van der Waals surface area contributed by atoms with Gasteiger partial charge >= 0.3 is 0 Å². The quantitative estimate of drug-likeness (QED) is 0.876. The monoisotopic (exact) mass is 241 g/mol. The molecule has 2 aromatic carbocycles. The number of rotatable bonds is 2. The molecule has 18 heavy (non-hydrogen) atoms. The summed E-state index contributed by atoms with van der Waals surface area (Å²) in [6.07, 6.45) is 0. The average molecular weight is 241 g/mol. The van der Waals surface area contributed by atoms with Crippen molar-refractivity contribution in [3.63, 3.8) is 0 Å². The number of hydrogen-bond acceptors (Lipinski definition) is 3. The smallest absolute Gasteiger partial charge is 0.143 e. The Labute approximate surface area is 106 Å². The van der Waals surface area contributed by atoms with E-state index in [4.69, 9.17) is 9.47 Å². The van der Waals surface area contributed by atoms with Gasteiger partial charge in [0, 0.05) is 6.54 Å². The first-order valence-electron chi connectivity index (χ1n) is 6.02. The molecule has 0 aliphatic carbocycles. The fraction of sp³-hybridized carbons (Fsp3) is 0.200. The molecule has 3 heteroatoms. The minimum absolute atomic E-state index is 0.721. The minimum Gasteiger partial charge on any atom is -0.497 e. The predicted octanol–water partition coefficient (Wildman–Crippen LogP) is 3.17. The summed E-state index contributed by atoms with van der Waals surface area (Å²) in [4.78, 5) is 0. The summed E-state index contributed by atoms with van der Waals surface area (Å²) in [6, 6.07) is 14.3. The summed E-state index contributed by atoms with van der Waals surface area (Å²) >= 11 is 0. The molecule has 0 radical (unpaired) electrons. The zero-order valence-corrected chi connectivity index (χ0v) is 10.3. The first kappa shape index (κ1) is 11.0. The fourth-order valence-corrected chi connectivity index (χ4v) is 2.10. The third-order valence-electron chi connectivity index (χ3n) is 3.08. The molecule has 0 saturated heterocycles. The second-order valence-electron chi connectivity index (χ2n) is 4.21. The van der Waals surface area contributed by atoms with Crippen molar-refractivity contribution in [3.05, 3.63) is 42.5 Å². The second kappa shape index (κ2) is 4.61. The van der Waals surface area contributed by atoms with E-state index >= 15 is 0 Å². The van der Waals surface area contributed by atoms with Gasteiger partial charge in [-0.05, 0) is 35.4 Å². The van der Waals surface area contributed by atoms with E-state index in [1.807, 2.05) is 12.1 Å². The van der Waals surface area contributed by atoms with Gasteiger partial charge in [0.2, 0.25) is 0 Å². The van der Waals surface area contributed by atoms with Crippen LogP contribution < -0.4 is 14.8 Å². The van der Waals surface area contributed by atoms with E-state index in [0.717, 1.165) is 41.5 Å². The largest absolute Gasteiger partial charge is 0.497 e. The van der Waals surface area contributed by atoms with E-state index in [2.05, 4.69) is 35.6 Å². The highest BCUT2D eigenvalue weighted by molar-refractivity contribution is 5.71. The first-order valence-corrected chi connectivity index (χ1v) is 6.02. The Morgan fingerprint density at radius 2 is 1.83 bits per heavy atom. The zero-order chi connectivity index (χ0) is 12.4. The van der Waals surface area contributed by atoms with Gasteiger partial charge in [0.1, 0.15) is 18.1 Å². The second-order valence-corrected chi connectivity index (χ2v) is 4.21. The molecule has 3 rings (SSSR count). The summed E-state index contributed by atoms with van der Waals surface area (Å²) < 4.78 is 10.8. The number of hydrogen-bond donors (Lipinski definition) is 1.